The Bertz CT molecular complexity index is 1410. The molecular weight excluding hydrogens is 888 g/mol. The molecule has 0 rings (SSSR count). The van der Waals surface area contributed by atoms with Gasteiger partial charge >= 0.3 is 7.82 Å². The third-order valence-corrected chi connectivity index (χ3v) is 13.6. The highest BCUT2D eigenvalue weighted by Crippen LogP contribution is 2.43. The van der Waals surface area contributed by atoms with E-state index in [0.29, 0.717) is 17.4 Å². The van der Waals surface area contributed by atoms with E-state index in [1.807, 2.05) is 27.2 Å². The third-order valence-electron chi connectivity index (χ3n) is 12.6. The van der Waals surface area contributed by atoms with Gasteiger partial charge in [-0.3, -0.25) is 13.8 Å². The van der Waals surface area contributed by atoms with Crippen LogP contribution in [0.15, 0.2) is 85.1 Å². The van der Waals surface area contributed by atoms with E-state index in [1.165, 1.54) is 154 Å². The predicted octanol–water partition coefficient (Wildman–Crippen LogP) is 17.6. The van der Waals surface area contributed by atoms with Crippen molar-refractivity contribution in [3.63, 3.8) is 0 Å². The topological polar surface area (TPSA) is 105 Å². The number of likely N-dealkylation sites (N-methyl/N-ethyl adjacent to an activating group) is 1. The average Bonchev–Trinajstić information content (AvgIpc) is 3.32. The number of allylic oxidation sites excluding steroid dienone is 13. The molecule has 0 saturated carbocycles. The van der Waals surface area contributed by atoms with E-state index in [1.54, 1.807) is 6.08 Å². The molecule has 3 atom stereocenters. The summed E-state index contributed by atoms with van der Waals surface area (Å²) < 4.78 is 23.7. The zero-order valence-electron chi connectivity index (χ0n) is 46.2. The molecule has 8 nitrogen and oxygen atoms in total. The highest BCUT2D eigenvalue weighted by Gasteiger charge is 2.27. The fourth-order valence-electron chi connectivity index (χ4n) is 8.07. The molecule has 9 heteroatoms. The molecular formula is C61H112N2O6P+. The van der Waals surface area contributed by atoms with E-state index in [4.69, 9.17) is 9.05 Å². The van der Waals surface area contributed by atoms with Crippen molar-refractivity contribution in [2.75, 3.05) is 40.9 Å². The van der Waals surface area contributed by atoms with Crippen molar-refractivity contribution >= 4 is 13.7 Å². The maximum Gasteiger partial charge on any atom is 0.472 e. The molecule has 0 aromatic carbocycles. The number of quaternary nitrogens is 1. The molecule has 0 aliphatic heterocycles. The minimum atomic E-state index is -4.36. The number of hydrogen-bond donors (Lipinski definition) is 3. The van der Waals surface area contributed by atoms with Gasteiger partial charge in [0.2, 0.25) is 5.91 Å². The predicted molar refractivity (Wildman–Crippen MR) is 304 cm³/mol. The van der Waals surface area contributed by atoms with Gasteiger partial charge in [-0.05, 0) is 83.5 Å². The molecule has 0 aliphatic rings. The molecule has 70 heavy (non-hydrogen) atoms. The summed E-state index contributed by atoms with van der Waals surface area (Å²) in [5, 5.41) is 13.9. The molecule has 0 bridgehead atoms. The number of nitrogens with zero attached hydrogens (tertiary/aromatic N) is 1. The number of nitrogens with one attached hydrogen (secondary N) is 1. The van der Waals surface area contributed by atoms with Crippen molar-refractivity contribution < 1.29 is 32.9 Å². The van der Waals surface area contributed by atoms with Gasteiger partial charge in [0, 0.05) is 6.42 Å². The number of amides is 1. The van der Waals surface area contributed by atoms with Crippen LogP contribution in [0.1, 0.15) is 245 Å². The number of hydrogen-bond acceptors (Lipinski definition) is 5. The SMILES string of the molecule is CC/C=C\C/C=C\C/C=C\C/C=C\CCCCCCCCCCCCCCCCC(=O)NC(COP(=O)(O)OCC[N+](C)(C)C)C(O)/C=C/CC/C=C/CC/C=C/CCCCCCCCCCCCC. The smallest absolute Gasteiger partial charge is 0.387 e. The van der Waals surface area contributed by atoms with Crippen LogP contribution in [-0.2, 0) is 18.4 Å². The van der Waals surface area contributed by atoms with Crippen LogP contribution in [0.3, 0.4) is 0 Å². The molecule has 0 saturated heterocycles. The van der Waals surface area contributed by atoms with E-state index >= 15 is 0 Å². The van der Waals surface area contributed by atoms with Gasteiger partial charge < -0.3 is 19.8 Å². The van der Waals surface area contributed by atoms with E-state index in [9.17, 15) is 19.4 Å². The van der Waals surface area contributed by atoms with Crippen LogP contribution in [0.4, 0.5) is 0 Å². The van der Waals surface area contributed by atoms with Gasteiger partial charge in [0.25, 0.3) is 0 Å². The number of aliphatic hydroxyl groups excluding tert-OH is 1. The molecule has 0 aromatic heterocycles. The van der Waals surface area contributed by atoms with Crippen LogP contribution in [-0.4, -0.2) is 73.4 Å². The van der Waals surface area contributed by atoms with Gasteiger partial charge in [-0.1, -0.05) is 240 Å². The first-order valence-electron chi connectivity index (χ1n) is 29.0. The Morgan fingerprint density at radius 3 is 1.31 bits per heavy atom. The van der Waals surface area contributed by atoms with Gasteiger partial charge in [0.05, 0.1) is 39.9 Å². The maximum atomic E-state index is 13.0. The molecule has 0 fully saturated rings. The molecule has 0 radical (unpaired) electrons. The van der Waals surface area contributed by atoms with Crippen LogP contribution in [0.25, 0.3) is 0 Å². The Hall–Kier alpha value is -2.32. The number of phosphoric ester groups is 1. The first kappa shape index (κ1) is 67.7. The van der Waals surface area contributed by atoms with Crippen LogP contribution >= 0.6 is 7.82 Å². The minimum Gasteiger partial charge on any atom is -0.387 e. The van der Waals surface area contributed by atoms with Crippen LogP contribution in [0.5, 0.6) is 0 Å². The number of carbonyl (C=O) groups is 1. The highest BCUT2D eigenvalue weighted by molar-refractivity contribution is 7.47. The monoisotopic (exact) mass is 1000 g/mol. The van der Waals surface area contributed by atoms with Crippen LogP contribution in [0, 0.1) is 0 Å². The van der Waals surface area contributed by atoms with E-state index < -0.39 is 20.0 Å². The number of carbonyl (C=O) groups excluding carboxylic acids is 1. The standard InChI is InChI=1S/C61H111N2O6P/c1-6-8-10-12-14-16-18-20-22-24-26-28-29-30-31-32-33-35-37-39-41-43-45-47-49-51-53-55-61(65)62-59(58-69-70(66,67)68-57-56-63(3,4)5)60(64)54-52-50-48-46-44-42-40-38-36-34-27-25-23-21-19-17-15-13-11-9-7-2/h8,10,14,16,20,22,26,28,36,38,44,46,52,54,59-60,64H,6-7,9,11-13,15,17-19,21,23-25,27,29-35,37,39-43,45,47-51,53,55-58H2,1-5H3,(H-,62,65,66,67)/p+1/b10-8-,16-14-,22-20-,28-26-,38-36+,46-44+,54-52+. The summed E-state index contributed by atoms with van der Waals surface area (Å²) in [5.41, 5.74) is 0. The molecule has 3 unspecified atom stereocenters. The molecule has 3 N–H and O–H groups in total. The van der Waals surface area contributed by atoms with Gasteiger partial charge in [-0.25, -0.2) is 4.57 Å². The molecule has 406 valence electrons. The summed E-state index contributed by atoms with van der Waals surface area (Å²) in [6, 6.07) is -0.875. The van der Waals surface area contributed by atoms with E-state index in [0.717, 1.165) is 70.6 Å². The van der Waals surface area contributed by atoms with Crippen LogP contribution < -0.4 is 5.32 Å². The Balaban J connectivity index is 4.26. The van der Waals surface area contributed by atoms with Crippen molar-refractivity contribution in [3.8, 4) is 0 Å². The quantitative estimate of drug-likeness (QED) is 0.0243. The Morgan fingerprint density at radius 2 is 0.871 bits per heavy atom. The normalized spacial score (nSPS) is 14.6. The number of unbranched alkanes of at least 4 members (excludes halogenated alkanes) is 27. The number of aliphatic hydroxyl groups is 1. The van der Waals surface area contributed by atoms with Crippen molar-refractivity contribution in [1.82, 2.24) is 5.32 Å². The first-order valence-corrected chi connectivity index (χ1v) is 30.5. The summed E-state index contributed by atoms with van der Waals surface area (Å²) in [5.74, 6) is -0.193. The van der Waals surface area contributed by atoms with Crippen molar-refractivity contribution in [3.05, 3.63) is 85.1 Å². The number of phosphoric acid groups is 1. The zero-order valence-corrected chi connectivity index (χ0v) is 47.1. The van der Waals surface area contributed by atoms with Crippen LogP contribution in [0.2, 0.25) is 0 Å². The molecule has 0 heterocycles. The second-order valence-electron chi connectivity index (χ2n) is 20.6. The minimum absolute atomic E-state index is 0.0506. The summed E-state index contributed by atoms with van der Waals surface area (Å²) >= 11 is 0. The first-order chi connectivity index (χ1) is 34.0. The summed E-state index contributed by atoms with van der Waals surface area (Å²) in [7, 11) is 1.54. The van der Waals surface area contributed by atoms with Gasteiger partial charge in [-0.15, -0.1) is 0 Å². The fraction of sp³-hybridized carbons (Fsp3) is 0.754. The lowest BCUT2D eigenvalue weighted by molar-refractivity contribution is -0.870. The van der Waals surface area contributed by atoms with Gasteiger partial charge in [0.15, 0.2) is 0 Å². The third kappa shape index (κ3) is 53.5. The van der Waals surface area contributed by atoms with Crippen molar-refractivity contribution in [2.45, 2.75) is 257 Å². The largest absolute Gasteiger partial charge is 0.472 e. The molecule has 0 aromatic rings. The maximum absolute atomic E-state index is 13.0. The molecule has 0 spiro atoms. The fourth-order valence-corrected chi connectivity index (χ4v) is 8.80. The zero-order chi connectivity index (χ0) is 51.3. The van der Waals surface area contributed by atoms with Crippen molar-refractivity contribution in [2.24, 2.45) is 0 Å². The Labute approximate surface area is 433 Å². The summed E-state index contributed by atoms with van der Waals surface area (Å²) in [4.78, 5) is 23.3. The molecule has 1 amide bonds. The highest BCUT2D eigenvalue weighted by atomic mass is 31.2. The lowest BCUT2D eigenvalue weighted by Crippen LogP contribution is -2.45. The van der Waals surface area contributed by atoms with Gasteiger partial charge in [-0.2, -0.15) is 0 Å². The molecule has 0 aliphatic carbocycles. The van der Waals surface area contributed by atoms with E-state index in [2.05, 4.69) is 92.1 Å². The Kier molecular flexibility index (Phi) is 49.9. The second kappa shape index (κ2) is 51.6. The van der Waals surface area contributed by atoms with Gasteiger partial charge in [0.1, 0.15) is 13.2 Å². The van der Waals surface area contributed by atoms with Crippen molar-refractivity contribution in [1.29, 1.82) is 0 Å². The second-order valence-corrected chi connectivity index (χ2v) is 22.1. The number of rotatable bonds is 52. The van der Waals surface area contributed by atoms with E-state index in [-0.39, 0.29) is 19.1 Å². The lowest BCUT2D eigenvalue weighted by atomic mass is 10.0. The average molecular weight is 1000 g/mol. The summed E-state index contributed by atoms with van der Waals surface area (Å²) in [6.45, 7) is 4.68. The Morgan fingerprint density at radius 1 is 0.500 bits per heavy atom. The lowest BCUT2D eigenvalue weighted by Gasteiger charge is -2.25. The summed E-state index contributed by atoms with van der Waals surface area (Å²) in [6.07, 6.45) is 72.6.